The molecular formula is C16H21NO3S. The number of carboxylic acid groups (broad SMARTS) is 1. The van der Waals surface area contributed by atoms with E-state index < -0.39 is 5.97 Å². The Labute approximate surface area is 129 Å². The largest absolute Gasteiger partial charge is 0.481 e. The molecule has 2 rings (SSSR count). The molecule has 5 heteroatoms. The summed E-state index contributed by atoms with van der Waals surface area (Å²) in [6.45, 7) is 0.612. The predicted octanol–water partition coefficient (Wildman–Crippen LogP) is 2.63. The molecule has 0 radical (unpaired) electrons. The monoisotopic (exact) mass is 307 g/mol. The molecular weight excluding hydrogens is 286 g/mol. The third kappa shape index (κ3) is 5.08. The number of amides is 1. The summed E-state index contributed by atoms with van der Waals surface area (Å²) >= 11 is 1.56. The molecule has 1 amide bonds. The summed E-state index contributed by atoms with van der Waals surface area (Å²) in [7, 11) is 1.81. The van der Waals surface area contributed by atoms with Crippen LogP contribution < -0.4 is 0 Å². The Kier molecular flexibility index (Phi) is 5.28. The van der Waals surface area contributed by atoms with E-state index in [4.69, 9.17) is 5.11 Å². The van der Waals surface area contributed by atoms with Gasteiger partial charge in [0.15, 0.2) is 0 Å². The van der Waals surface area contributed by atoms with Crippen LogP contribution in [0, 0.1) is 5.41 Å². The average molecular weight is 307 g/mol. The second-order valence-electron chi connectivity index (χ2n) is 5.80. The fourth-order valence-electron chi connectivity index (χ4n) is 2.28. The van der Waals surface area contributed by atoms with Crippen molar-refractivity contribution in [2.75, 3.05) is 18.6 Å². The number of carboxylic acids is 1. The van der Waals surface area contributed by atoms with Gasteiger partial charge in [0.2, 0.25) is 5.91 Å². The topological polar surface area (TPSA) is 57.6 Å². The number of benzene rings is 1. The van der Waals surface area contributed by atoms with Gasteiger partial charge in [-0.1, -0.05) is 30.3 Å². The van der Waals surface area contributed by atoms with Gasteiger partial charge in [-0.2, -0.15) is 11.8 Å². The van der Waals surface area contributed by atoms with Crippen LogP contribution in [0.1, 0.15) is 24.8 Å². The van der Waals surface area contributed by atoms with Crippen LogP contribution in [0.3, 0.4) is 0 Å². The molecule has 1 aliphatic carbocycles. The van der Waals surface area contributed by atoms with Crippen molar-refractivity contribution in [3.63, 3.8) is 0 Å². The highest BCUT2D eigenvalue weighted by atomic mass is 32.2. The lowest BCUT2D eigenvalue weighted by Gasteiger charge is -2.18. The van der Waals surface area contributed by atoms with Crippen molar-refractivity contribution in [2.45, 2.75) is 25.8 Å². The van der Waals surface area contributed by atoms with E-state index >= 15 is 0 Å². The minimum Gasteiger partial charge on any atom is -0.481 e. The molecule has 0 aromatic heterocycles. The number of aliphatic carboxylic acids is 1. The van der Waals surface area contributed by atoms with Crippen molar-refractivity contribution in [1.82, 2.24) is 4.90 Å². The molecule has 1 aromatic rings. The number of thioether (sulfide) groups is 1. The Balaban J connectivity index is 1.71. The van der Waals surface area contributed by atoms with Crippen LogP contribution in [0.5, 0.6) is 0 Å². The Morgan fingerprint density at radius 2 is 1.95 bits per heavy atom. The van der Waals surface area contributed by atoms with Crippen molar-refractivity contribution < 1.29 is 14.7 Å². The standard InChI is InChI=1S/C16H21NO3S/c1-17(10-13-5-3-2-4-6-13)14(18)11-21-12-16(7-8-16)9-15(19)20/h2-6H,7-12H2,1H3,(H,19,20). The van der Waals surface area contributed by atoms with E-state index in [2.05, 4.69) is 0 Å². The first-order valence-corrected chi connectivity index (χ1v) is 8.24. The molecule has 1 N–H and O–H groups in total. The van der Waals surface area contributed by atoms with E-state index in [1.807, 2.05) is 30.3 Å². The van der Waals surface area contributed by atoms with Gasteiger partial charge in [0.1, 0.15) is 0 Å². The maximum Gasteiger partial charge on any atom is 0.303 e. The molecule has 0 heterocycles. The minimum atomic E-state index is -0.736. The molecule has 21 heavy (non-hydrogen) atoms. The minimum absolute atomic E-state index is 0.0468. The fourth-order valence-corrected chi connectivity index (χ4v) is 3.60. The SMILES string of the molecule is CN(Cc1ccccc1)C(=O)CSCC1(CC(=O)O)CC1. The smallest absolute Gasteiger partial charge is 0.303 e. The maximum atomic E-state index is 12.1. The molecule has 1 aliphatic rings. The first-order chi connectivity index (χ1) is 10.0. The first kappa shape index (κ1) is 15.9. The molecule has 1 fully saturated rings. The van der Waals surface area contributed by atoms with Gasteiger partial charge >= 0.3 is 5.97 Å². The fraction of sp³-hybridized carbons (Fsp3) is 0.500. The van der Waals surface area contributed by atoms with Gasteiger partial charge < -0.3 is 10.0 Å². The summed E-state index contributed by atoms with van der Waals surface area (Å²) in [6.07, 6.45) is 2.18. The van der Waals surface area contributed by atoms with Gasteiger partial charge in [-0.25, -0.2) is 0 Å². The Morgan fingerprint density at radius 3 is 2.52 bits per heavy atom. The van der Waals surface area contributed by atoms with Crippen LogP contribution >= 0.6 is 11.8 Å². The molecule has 1 aromatic carbocycles. The summed E-state index contributed by atoms with van der Waals surface area (Å²) in [6, 6.07) is 9.89. The average Bonchev–Trinajstić information content (AvgIpc) is 3.18. The number of hydrogen-bond acceptors (Lipinski definition) is 3. The zero-order valence-corrected chi connectivity index (χ0v) is 13.1. The van der Waals surface area contributed by atoms with Gasteiger partial charge in [-0.3, -0.25) is 9.59 Å². The number of nitrogens with zero attached hydrogens (tertiary/aromatic N) is 1. The van der Waals surface area contributed by atoms with Crippen molar-refractivity contribution in [3.05, 3.63) is 35.9 Å². The third-order valence-corrected chi connectivity index (χ3v) is 5.07. The first-order valence-electron chi connectivity index (χ1n) is 7.08. The van der Waals surface area contributed by atoms with Crippen LogP contribution in [0.15, 0.2) is 30.3 Å². The van der Waals surface area contributed by atoms with E-state index in [0.29, 0.717) is 12.3 Å². The molecule has 0 atom stereocenters. The molecule has 0 bridgehead atoms. The van der Waals surface area contributed by atoms with Crippen LogP contribution in [0.25, 0.3) is 0 Å². The lowest BCUT2D eigenvalue weighted by atomic mass is 10.1. The third-order valence-electron chi connectivity index (χ3n) is 3.81. The highest BCUT2D eigenvalue weighted by molar-refractivity contribution is 7.99. The van der Waals surface area contributed by atoms with Crippen LogP contribution in [0.2, 0.25) is 0 Å². The number of hydrogen-bond donors (Lipinski definition) is 1. The van der Waals surface area contributed by atoms with Crippen molar-refractivity contribution >= 4 is 23.6 Å². The van der Waals surface area contributed by atoms with Gasteiger partial charge in [-0.05, 0) is 29.6 Å². The maximum absolute atomic E-state index is 12.1. The van der Waals surface area contributed by atoms with Gasteiger partial charge in [-0.15, -0.1) is 0 Å². The molecule has 0 saturated heterocycles. The Bertz CT molecular complexity index is 500. The summed E-state index contributed by atoms with van der Waals surface area (Å²) < 4.78 is 0. The Hall–Kier alpha value is -1.49. The molecule has 0 aliphatic heterocycles. The van der Waals surface area contributed by atoms with Gasteiger partial charge in [0, 0.05) is 13.6 Å². The normalized spacial score (nSPS) is 15.5. The molecule has 0 spiro atoms. The molecule has 0 unspecified atom stereocenters. The summed E-state index contributed by atoms with van der Waals surface area (Å²) in [4.78, 5) is 24.6. The summed E-state index contributed by atoms with van der Waals surface area (Å²) in [5.74, 6) is 0.546. The number of carbonyl (C=O) groups is 2. The molecule has 4 nitrogen and oxygen atoms in total. The van der Waals surface area contributed by atoms with Gasteiger partial charge in [0.25, 0.3) is 0 Å². The van der Waals surface area contributed by atoms with Crippen LogP contribution in [0.4, 0.5) is 0 Å². The van der Waals surface area contributed by atoms with Crippen LogP contribution in [-0.4, -0.2) is 40.4 Å². The van der Waals surface area contributed by atoms with Crippen molar-refractivity contribution in [1.29, 1.82) is 0 Å². The van der Waals surface area contributed by atoms with E-state index in [-0.39, 0.29) is 17.7 Å². The van der Waals surface area contributed by atoms with E-state index in [1.54, 1.807) is 23.7 Å². The van der Waals surface area contributed by atoms with E-state index in [9.17, 15) is 9.59 Å². The molecule has 114 valence electrons. The lowest BCUT2D eigenvalue weighted by Crippen LogP contribution is -2.28. The molecule has 1 saturated carbocycles. The van der Waals surface area contributed by atoms with Crippen molar-refractivity contribution in [3.8, 4) is 0 Å². The van der Waals surface area contributed by atoms with Crippen LogP contribution in [-0.2, 0) is 16.1 Å². The van der Waals surface area contributed by atoms with Crippen molar-refractivity contribution in [2.24, 2.45) is 5.41 Å². The predicted molar refractivity (Wildman–Crippen MR) is 84.2 cm³/mol. The summed E-state index contributed by atoms with van der Waals surface area (Å²) in [5, 5.41) is 8.87. The number of carbonyl (C=O) groups excluding carboxylic acids is 1. The zero-order chi connectivity index (χ0) is 15.3. The second-order valence-corrected chi connectivity index (χ2v) is 6.78. The van der Waals surface area contributed by atoms with Gasteiger partial charge in [0.05, 0.1) is 12.2 Å². The zero-order valence-electron chi connectivity index (χ0n) is 12.2. The highest BCUT2D eigenvalue weighted by Crippen LogP contribution is 2.50. The quantitative estimate of drug-likeness (QED) is 0.802. The van der Waals surface area contributed by atoms with E-state index in [1.165, 1.54) is 0 Å². The Morgan fingerprint density at radius 1 is 1.29 bits per heavy atom. The summed E-state index contributed by atoms with van der Waals surface area (Å²) in [5.41, 5.74) is 1.07. The highest BCUT2D eigenvalue weighted by Gasteiger charge is 2.44. The second kappa shape index (κ2) is 6.98. The lowest BCUT2D eigenvalue weighted by molar-refractivity contribution is -0.138. The van der Waals surface area contributed by atoms with E-state index in [0.717, 1.165) is 24.2 Å². The number of rotatable bonds is 8.